The summed E-state index contributed by atoms with van der Waals surface area (Å²) in [5.74, 6) is -0.0212. The van der Waals surface area contributed by atoms with E-state index in [9.17, 15) is 9.59 Å². The smallest absolute Gasteiger partial charge is 0.337 e. The van der Waals surface area contributed by atoms with Crippen LogP contribution in [0.3, 0.4) is 0 Å². The minimum Gasteiger partial charge on any atom is -0.484 e. The van der Waals surface area contributed by atoms with Crippen molar-refractivity contribution in [1.82, 2.24) is 0 Å². The van der Waals surface area contributed by atoms with E-state index in [0.717, 1.165) is 12.8 Å². The molecule has 5 heteroatoms. The number of hydrogen-bond acceptors (Lipinski definition) is 4. The van der Waals surface area contributed by atoms with Crippen molar-refractivity contribution in [1.29, 1.82) is 0 Å². The van der Waals surface area contributed by atoms with Crippen molar-refractivity contribution < 1.29 is 19.1 Å². The fourth-order valence-electron chi connectivity index (χ4n) is 2.83. The maximum Gasteiger partial charge on any atom is 0.337 e. The highest BCUT2D eigenvalue weighted by atomic mass is 16.5. The van der Waals surface area contributed by atoms with Gasteiger partial charge in [-0.2, -0.15) is 0 Å². The molecule has 1 aliphatic carbocycles. The molecule has 24 heavy (non-hydrogen) atoms. The number of hydrogen-bond donors (Lipinski definition) is 1. The molecule has 0 atom stereocenters. The number of rotatable bonds is 5. The van der Waals surface area contributed by atoms with E-state index in [-0.39, 0.29) is 12.5 Å². The third-order valence-electron chi connectivity index (χ3n) is 4.01. The first kappa shape index (κ1) is 16.1. The van der Waals surface area contributed by atoms with Crippen LogP contribution in [0, 0.1) is 0 Å². The number of benzene rings is 2. The molecule has 0 aliphatic heterocycles. The molecule has 0 bridgehead atoms. The summed E-state index contributed by atoms with van der Waals surface area (Å²) in [7, 11) is 1.32. The number of fused-ring (bicyclic) bond motifs is 1. The Hall–Kier alpha value is -2.82. The van der Waals surface area contributed by atoms with E-state index in [0.29, 0.717) is 17.0 Å². The van der Waals surface area contributed by atoms with Gasteiger partial charge in [0.05, 0.1) is 12.7 Å². The predicted molar refractivity (Wildman–Crippen MR) is 90.4 cm³/mol. The number of amides is 1. The quantitative estimate of drug-likeness (QED) is 0.858. The largest absolute Gasteiger partial charge is 0.484 e. The van der Waals surface area contributed by atoms with Crippen LogP contribution in [0.25, 0.3) is 0 Å². The first-order chi connectivity index (χ1) is 11.7. The van der Waals surface area contributed by atoms with Gasteiger partial charge in [-0.25, -0.2) is 4.79 Å². The average Bonchev–Trinajstić information content (AvgIpc) is 3.07. The molecule has 0 unspecified atom stereocenters. The second kappa shape index (κ2) is 7.17. The Morgan fingerprint density at radius 3 is 2.75 bits per heavy atom. The molecule has 2 aromatic rings. The second-order valence-electron chi connectivity index (χ2n) is 5.69. The third-order valence-corrected chi connectivity index (χ3v) is 4.01. The lowest BCUT2D eigenvalue weighted by atomic mass is 10.1. The molecular weight excluding hydrogens is 306 g/mol. The van der Waals surface area contributed by atoms with Crippen molar-refractivity contribution in [3.8, 4) is 5.75 Å². The van der Waals surface area contributed by atoms with E-state index in [1.807, 2.05) is 12.1 Å². The maximum absolute atomic E-state index is 12.0. The van der Waals surface area contributed by atoms with E-state index in [2.05, 4.69) is 16.1 Å². The second-order valence-corrected chi connectivity index (χ2v) is 5.69. The van der Waals surface area contributed by atoms with Crippen molar-refractivity contribution in [2.75, 3.05) is 19.0 Å². The topological polar surface area (TPSA) is 64.6 Å². The molecule has 1 aliphatic rings. The highest BCUT2D eigenvalue weighted by Crippen LogP contribution is 2.26. The molecule has 5 nitrogen and oxygen atoms in total. The maximum atomic E-state index is 12.0. The van der Waals surface area contributed by atoms with Crippen molar-refractivity contribution >= 4 is 17.6 Å². The number of ether oxygens (including phenoxy) is 2. The van der Waals surface area contributed by atoms with E-state index >= 15 is 0 Å². The number of esters is 1. The van der Waals surface area contributed by atoms with Crippen LogP contribution in [-0.2, 0) is 22.4 Å². The third kappa shape index (κ3) is 3.74. The molecular formula is C19H19NO4. The van der Waals surface area contributed by atoms with Gasteiger partial charge in [0, 0.05) is 5.69 Å². The molecule has 124 valence electrons. The normalized spacial score (nSPS) is 12.4. The van der Waals surface area contributed by atoms with Crippen LogP contribution in [0.15, 0.2) is 42.5 Å². The summed E-state index contributed by atoms with van der Waals surface area (Å²) in [6, 6.07) is 12.6. The number of nitrogens with one attached hydrogen (secondary N) is 1. The van der Waals surface area contributed by atoms with Crippen molar-refractivity contribution in [3.63, 3.8) is 0 Å². The Balaban J connectivity index is 1.57. The van der Waals surface area contributed by atoms with Gasteiger partial charge in [0.1, 0.15) is 5.75 Å². The molecule has 0 aromatic heterocycles. The molecule has 0 heterocycles. The number of aryl methyl sites for hydroxylation is 2. The predicted octanol–water partition coefficient (Wildman–Crippen LogP) is 2.98. The van der Waals surface area contributed by atoms with Crippen molar-refractivity contribution in [2.45, 2.75) is 19.3 Å². The van der Waals surface area contributed by atoms with Gasteiger partial charge in [-0.05, 0) is 60.7 Å². The van der Waals surface area contributed by atoms with Crippen LogP contribution in [0.1, 0.15) is 27.9 Å². The van der Waals surface area contributed by atoms with Crippen LogP contribution in [-0.4, -0.2) is 25.6 Å². The lowest BCUT2D eigenvalue weighted by Crippen LogP contribution is -2.20. The molecule has 0 spiro atoms. The van der Waals surface area contributed by atoms with Gasteiger partial charge in [-0.3, -0.25) is 4.79 Å². The molecule has 0 radical (unpaired) electrons. The van der Waals surface area contributed by atoms with Gasteiger partial charge in [0.15, 0.2) is 6.61 Å². The summed E-state index contributed by atoms with van der Waals surface area (Å²) in [6.07, 6.45) is 3.36. The Kier molecular flexibility index (Phi) is 4.79. The SMILES string of the molecule is COC(=O)c1cccc(NC(=O)COc2ccc3c(c2)CCC3)c1. The highest BCUT2D eigenvalue weighted by molar-refractivity contribution is 5.95. The first-order valence-corrected chi connectivity index (χ1v) is 7.88. The van der Waals surface area contributed by atoms with Crippen LogP contribution in [0.4, 0.5) is 5.69 Å². The number of anilines is 1. The number of carbonyl (C=O) groups excluding carboxylic acids is 2. The van der Waals surface area contributed by atoms with E-state index in [1.165, 1.54) is 24.7 Å². The Morgan fingerprint density at radius 1 is 1.08 bits per heavy atom. The molecule has 0 fully saturated rings. The number of methoxy groups -OCH3 is 1. The fourth-order valence-corrected chi connectivity index (χ4v) is 2.83. The van der Waals surface area contributed by atoms with Gasteiger partial charge >= 0.3 is 5.97 Å². The molecule has 0 saturated heterocycles. The Morgan fingerprint density at radius 2 is 1.92 bits per heavy atom. The molecule has 2 aromatic carbocycles. The fraction of sp³-hybridized carbons (Fsp3) is 0.263. The van der Waals surface area contributed by atoms with Gasteiger partial charge in [-0.1, -0.05) is 12.1 Å². The van der Waals surface area contributed by atoms with E-state index in [4.69, 9.17) is 4.74 Å². The molecule has 1 N–H and O–H groups in total. The summed E-state index contributed by atoms with van der Waals surface area (Å²) in [4.78, 5) is 23.5. The summed E-state index contributed by atoms with van der Waals surface area (Å²) >= 11 is 0. The molecule has 1 amide bonds. The van der Waals surface area contributed by atoms with Crippen molar-refractivity contribution in [2.24, 2.45) is 0 Å². The van der Waals surface area contributed by atoms with E-state index < -0.39 is 5.97 Å². The van der Waals surface area contributed by atoms with Gasteiger partial charge in [0.2, 0.25) is 0 Å². The van der Waals surface area contributed by atoms with Crippen LogP contribution < -0.4 is 10.1 Å². The average molecular weight is 325 g/mol. The van der Waals surface area contributed by atoms with Gasteiger partial charge < -0.3 is 14.8 Å². The van der Waals surface area contributed by atoms with Gasteiger partial charge in [0.25, 0.3) is 5.91 Å². The summed E-state index contributed by atoms with van der Waals surface area (Å²) in [5, 5.41) is 2.71. The summed E-state index contributed by atoms with van der Waals surface area (Å²) in [5.41, 5.74) is 3.58. The van der Waals surface area contributed by atoms with Crippen LogP contribution >= 0.6 is 0 Å². The zero-order valence-corrected chi connectivity index (χ0v) is 13.5. The summed E-state index contributed by atoms with van der Waals surface area (Å²) < 4.78 is 10.2. The van der Waals surface area contributed by atoms with Crippen LogP contribution in [0.5, 0.6) is 5.75 Å². The van der Waals surface area contributed by atoms with E-state index in [1.54, 1.807) is 24.3 Å². The zero-order valence-electron chi connectivity index (χ0n) is 13.5. The summed E-state index contributed by atoms with van der Waals surface area (Å²) in [6.45, 7) is -0.0821. The molecule has 3 rings (SSSR count). The van der Waals surface area contributed by atoms with Crippen molar-refractivity contribution in [3.05, 3.63) is 59.2 Å². The number of carbonyl (C=O) groups is 2. The van der Waals surface area contributed by atoms with Crippen LogP contribution in [0.2, 0.25) is 0 Å². The Bertz CT molecular complexity index is 770. The minimum atomic E-state index is -0.444. The van der Waals surface area contributed by atoms with Gasteiger partial charge in [-0.15, -0.1) is 0 Å². The lowest BCUT2D eigenvalue weighted by molar-refractivity contribution is -0.118. The first-order valence-electron chi connectivity index (χ1n) is 7.88. The standard InChI is InChI=1S/C19H19NO4/c1-23-19(22)15-6-3-7-16(10-15)20-18(21)12-24-17-9-8-13-4-2-5-14(13)11-17/h3,6-11H,2,4-5,12H2,1H3,(H,20,21). The zero-order chi connectivity index (χ0) is 16.9. The lowest BCUT2D eigenvalue weighted by Gasteiger charge is -2.09. The Labute approximate surface area is 140 Å². The monoisotopic (exact) mass is 325 g/mol. The highest BCUT2D eigenvalue weighted by Gasteiger charge is 2.12. The molecule has 0 saturated carbocycles. The minimum absolute atomic E-state index is 0.0821.